The first-order chi connectivity index (χ1) is 16.9. The van der Waals surface area contributed by atoms with Crippen molar-refractivity contribution in [1.29, 1.82) is 0 Å². The molecule has 1 N–H and O–H groups in total. The predicted molar refractivity (Wildman–Crippen MR) is 133 cm³/mol. The first-order valence-corrected chi connectivity index (χ1v) is 12.2. The zero-order valence-electron chi connectivity index (χ0n) is 20.3. The molecule has 1 unspecified atom stereocenters. The van der Waals surface area contributed by atoms with Gasteiger partial charge in [-0.2, -0.15) is 4.98 Å². The SMILES string of the molecule is COc1cc(CNC(=O)C2CCCN(Cc3nc(-c4ccccc4Cl)no3)C2)ccc1OC(C)C. The first-order valence-electron chi connectivity index (χ1n) is 11.8. The van der Waals surface area contributed by atoms with Gasteiger partial charge in [0.2, 0.25) is 17.6 Å². The number of benzene rings is 2. The number of methoxy groups -OCH3 is 1. The number of hydrogen-bond donors (Lipinski definition) is 1. The molecule has 0 radical (unpaired) electrons. The van der Waals surface area contributed by atoms with Crippen LogP contribution in [0.5, 0.6) is 11.5 Å². The third kappa shape index (κ3) is 6.52. The number of hydrogen-bond acceptors (Lipinski definition) is 7. The number of ether oxygens (including phenoxy) is 2. The van der Waals surface area contributed by atoms with Crippen LogP contribution in [0, 0.1) is 5.92 Å². The highest BCUT2D eigenvalue weighted by atomic mass is 35.5. The van der Waals surface area contributed by atoms with Crippen molar-refractivity contribution < 1.29 is 18.8 Å². The molecule has 3 aromatic rings. The third-order valence-electron chi connectivity index (χ3n) is 5.88. The van der Waals surface area contributed by atoms with Crippen molar-refractivity contribution >= 4 is 17.5 Å². The molecule has 8 nitrogen and oxygen atoms in total. The Morgan fingerprint density at radius 1 is 1.26 bits per heavy atom. The summed E-state index contributed by atoms with van der Waals surface area (Å²) in [5.74, 6) is 2.27. The van der Waals surface area contributed by atoms with Gasteiger partial charge in [-0.3, -0.25) is 9.69 Å². The molecule has 1 aliphatic rings. The summed E-state index contributed by atoms with van der Waals surface area (Å²) in [6.07, 6.45) is 1.83. The van der Waals surface area contributed by atoms with Crippen molar-refractivity contribution in [3.8, 4) is 22.9 Å². The molecule has 186 valence electrons. The lowest BCUT2D eigenvalue weighted by atomic mass is 9.97. The molecular weight excluding hydrogens is 468 g/mol. The van der Waals surface area contributed by atoms with Crippen LogP contribution in [0.15, 0.2) is 47.0 Å². The highest BCUT2D eigenvalue weighted by Crippen LogP contribution is 2.29. The summed E-state index contributed by atoms with van der Waals surface area (Å²) in [4.78, 5) is 19.6. The molecule has 2 heterocycles. The lowest BCUT2D eigenvalue weighted by Crippen LogP contribution is -2.42. The molecule has 2 aromatic carbocycles. The van der Waals surface area contributed by atoms with E-state index in [0.29, 0.717) is 47.9 Å². The van der Waals surface area contributed by atoms with Crippen molar-refractivity contribution in [2.24, 2.45) is 5.92 Å². The highest BCUT2D eigenvalue weighted by Gasteiger charge is 2.27. The standard InChI is InChI=1S/C26H31ClN4O4/c1-17(2)34-22-11-10-18(13-23(22)33-3)14-28-26(32)19-7-6-12-31(15-19)16-24-29-25(30-35-24)20-8-4-5-9-21(20)27/h4-5,8-11,13,17,19H,6-7,12,14-16H2,1-3H3,(H,28,32). The van der Waals surface area contributed by atoms with Gasteiger partial charge in [0.1, 0.15) is 0 Å². The molecule has 1 fully saturated rings. The maximum Gasteiger partial charge on any atom is 0.241 e. The van der Waals surface area contributed by atoms with Crippen LogP contribution in [-0.2, 0) is 17.9 Å². The monoisotopic (exact) mass is 498 g/mol. The smallest absolute Gasteiger partial charge is 0.241 e. The van der Waals surface area contributed by atoms with Crippen LogP contribution in [0.3, 0.4) is 0 Å². The zero-order valence-corrected chi connectivity index (χ0v) is 21.0. The Kier molecular flexibility index (Phi) is 8.25. The fourth-order valence-corrected chi connectivity index (χ4v) is 4.40. The fourth-order valence-electron chi connectivity index (χ4n) is 4.18. The molecular formula is C26H31ClN4O4. The van der Waals surface area contributed by atoms with Crippen LogP contribution in [-0.4, -0.2) is 47.3 Å². The Balaban J connectivity index is 1.31. The average molecular weight is 499 g/mol. The topological polar surface area (TPSA) is 89.7 Å². The van der Waals surface area contributed by atoms with Gasteiger partial charge in [-0.1, -0.05) is 35.0 Å². The Labute approximate surface area is 210 Å². The van der Waals surface area contributed by atoms with Crippen LogP contribution < -0.4 is 14.8 Å². The lowest BCUT2D eigenvalue weighted by molar-refractivity contribution is -0.127. The summed E-state index contributed by atoms with van der Waals surface area (Å²) in [5.41, 5.74) is 1.69. The molecule has 1 atom stereocenters. The van der Waals surface area contributed by atoms with Crippen LogP contribution in [0.25, 0.3) is 11.4 Å². The molecule has 35 heavy (non-hydrogen) atoms. The molecule has 1 amide bonds. The van der Waals surface area contributed by atoms with E-state index in [-0.39, 0.29) is 17.9 Å². The van der Waals surface area contributed by atoms with E-state index < -0.39 is 0 Å². The minimum absolute atomic E-state index is 0.0402. The first kappa shape index (κ1) is 25.0. The van der Waals surface area contributed by atoms with Gasteiger partial charge in [0.05, 0.1) is 30.7 Å². The van der Waals surface area contributed by atoms with Crippen LogP contribution in [0.1, 0.15) is 38.1 Å². The summed E-state index contributed by atoms with van der Waals surface area (Å²) >= 11 is 6.24. The van der Waals surface area contributed by atoms with Gasteiger partial charge in [0.25, 0.3) is 0 Å². The van der Waals surface area contributed by atoms with Crippen LogP contribution >= 0.6 is 11.6 Å². The average Bonchev–Trinajstić information content (AvgIpc) is 3.31. The molecule has 0 aliphatic carbocycles. The number of carbonyl (C=O) groups excluding carboxylic acids is 1. The van der Waals surface area contributed by atoms with Gasteiger partial charge in [-0.25, -0.2) is 0 Å². The summed E-state index contributed by atoms with van der Waals surface area (Å²) < 4.78 is 16.7. The number of nitrogens with zero attached hydrogens (tertiary/aromatic N) is 3. The number of likely N-dealkylation sites (tertiary alicyclic amines) is 1. The molecule has 1 saturated heterocycles. The highest BCUT2D eigenvalue weighted by molar-refractivity contribution is 6.33. The maximum absolute atomic E-state index is 12.9. The minimum Gasteiger partial charge on any atom is -0.493 e. The fraction of sp³-hybridized carbons (Fsp3) is 0.423. The minimum atomic E-state index is -0.0971. The van der Waals surface area contributed by atoms with E-state index in [9.17, 15) is 4.79 Å². The van der Waals surface area contributed by atoms with Crippen molar-refractivity contribution in [3.63, 3.8) is 0 Å². The number of aromatic nitrogens is 2. The van der Waals surface area contributed by atoms with Gasteiger partial charge in [-0.15, -0.1) is 0 Å². The van der Waals surface area contributed by atoms with Crippen molar-refractivity contribution in [2.45, 2.75) is 45.9 Å². The van der Waals surface area contributed by atoms with Gasteiger partial charge in [0.15, 0.2) is 11.5 Å². The van der Waals surface area contributed by atoms with Crippen molar-refractivity contribution in [2.75, 3.05) is 20.2 Å². The second-order valence-electron chi connectivity index (χ2n) is 8.94. The van der Waals surface area contributed by atoms with E-state index in [2.05, 4.69) is 20.4 Å². The second-order valence-corrected chi connectivity index (χ2v) is 9.34. The van der Waals surface area contributed by atoms with Crippen LogP contribution in [0.4, 0.5) is 0 Å². The van der Waals surface area contributed by atoms with E-state index in [0.717, 1.165) is 30.5 Å². The Bertz CT molecular complexity index is 1150. The zero-order chi connectivity index (χ0) is 24.8. The summed E-state index contributed by atoms with van der Waals surface area (Å²) in [7, 11) is 1.61. The predicted octanol–water partition coefficient (Wildman–Crippen LogP) is 4.71. The van der Waals surface area contributed by atoms with E-state index in [1.54, 1.807) is 13.2 Å². The van der Waals surface area contributed by atoms with E-state index >= 15 is 0 Å². The van der Waals surface area contributed by atoms with Crippen molar-refractivity contribution in [3.05, 3.63) is 58.9 Å². The largest absolute Gasteiger partial charge is 0.493 e. The molecule has 0 bridgehead atoms. The summed E-state index contributed by atoms with van der Waals surface area (Å²) in [6, 6.07) is 13.1. The third-order valence-corrected chi connectivity index (χ3v) is 6.21. The van der Waals surface area contributed by atoms with E-state index in [1.807, 2.05) is 50.2 Å². The summed E-state index contributed by atoms with van der Waals surface area (Å²) in [6.45, 7) is 6.38. The lowest BCUT2D eigenvalue weighted by Gasteiger charge is -2.30. The Morgan fingerprint density at radius 3 is 2.86 bits per heavy atom. The molecule has 0 spiro atoms. The van der Waals surface area contributed by atoms with Gasteiger partial charge in [0, 0.05) is 18.7 Å². The second kappa shape index (κ2) is 11.6. The van der Waals surface area contributed by atoms with Gasteiger partial charge < -0.3 is 19.3 Å². The Morgan fingerprint density at radius 2 is 2.09 bits per heavy atom. The number of carbonyl (C=O) groups is 1. The Hall–Kier alpha value is -3.10. The molecule has 1 aromatic heterocycles. The quantitative estimate of drug-likeness (QED) is 0.456. The summed E-state index contributed by atoms with van der Waals surface area (Å²) in [5, 5.41) is 7.72. The normalized spacial score (nSPS) is 16.3. The number of amides is 1. The van der Waals surface area contributed by atoms with Gasteiger partial charge in [-0.05, 0) is 63.1 Å². The maximum atomic E-state index is 12.9. The molecule has 1 aliphatic heterocycles. The number of nitrogens with one attached hydrogen (secondary N) is 1. The number of piperidine rings is 1. The number of rotatable bonds is 9. The number of halogens is 1. The van der Waals surface area contributed by atoms with Gasteiger partial charge >= 0.3 is 0 Å². The molecule has 9 heteroatoms. The van der Waals surface area contributed by atoms with E-state index in [1.165, 1.54) is 0 Å². The van der Waals surface area contributed by atoms with Crippen molar-refractivity contribution in [1.82, 2.24) is 20.4 Å². The molecule has 0 saturated carbocycles. The molecule has 4 rings (SSSR count). The van der Waals surface area contributed by atoms with Crippen LogP contribution in [0.2, 0.25) is 5.02 Å². The van der Waals surface area contributed by atoms with E-state index in [4.69, 9.17) is 25.6 Å².